The second kappa shape index (κ2) is 7.06. The maximum Gasteiger partial charge on any atom is 0.258 e. The average molecular weight is 381 g/mol. The number of piperazine rings is 1. The van der Waals surface area contributed by atoms with E-state index in [2.05, 4.69) is 31.1 Å². The van der Waals surface area contributed by atoms with Gasteiger partial charge in [-0.05, 0) is 19.4 Å². The lowest BCUT2D eigenvalue weighted by Gasteiger charge is -2.35. The van der Waals surface area contributed by atoms with Crippen LogP contribution in [0.25, 0.3) is 4.96 Å². The van der Waals surface area contributed by atoms with Crippen molar-refractivity contribution in [2.45, 2.75) is 20.4 Å². The van der Waals surface area contributed by atoms with E-state index in [0.717, 1.165) is 48.1 Å². The molecule has 0 unspecified atom stereocenters. The highest BCUT2D eigenvalue weighted by Gasteiger charge is 2.23. The Morgan fingerprint density at radius 1 is 1.22 bits per heavy atom. The number of nitrogens with zero attached hydrogens (tertiary/aromatic N) is 7. The molecule has 0 amide bonds. The van der Waals surface area contributed by atoms with Gasteiger partial charge in [-0.25, -0.2) is 4.98 Å². The van der Waals surface area contributed by atoms with E-state index in [0.29, 0.717) is 17.9 Å². The third-order valence-electron chi connectivity index (χ3n) is 4.96. The Kier molecular flexibility index (Phi) is 4.59. The first-order valence-corrected chi connectivity index (χ1v) is 9.62. The molecule has 0 radical (unpaired) electrons. The van der Waals surface area contributed by atoms with Crippen LogP contribution in [0.3, 0.4) is 0 Å². The van der Waals surface area contributed by atoms with E-state index in [9.17, 15) is 10.1 Å². The Labute approximate surface area is 160 Å². The number of anilines is 1. The van der Waals surface area contributed by atoms with E-state index in [-0.39, 0.29) is 5.56 Å². The van der Waals surface area contributed by atoms with Crippen molar-refractivity contribution in [1.29, 1.82) is 5.26 Å². The number of hydrogen-bond donors (Lipinski definition) is 0. The first-order valence-electron chi connectivity index (χ1n) is 8.74. The quantitative estimate of drug-likeness (QED) is 0.676. The van der Waals surface area contributed by atoms with Gasteiger partial charge in [0.1, 0.15) is 11.6 Å². The highest BCUT2D eigenvalue weighted by molar-refractivity contribution is 7.15. The zero-order valence-electron chi connectivity index (χ0n) is 15.2. The van der Waals surface area contributed by atoms with Crippen LogP contribution in [0.2, 0.25) is 0 Å². The van der Waals surface area contributed by atoms with Crippen molar-refractivity contribution in [1.82, 2.24) is 24.5 Å². The Morgan fingerprint density at radius 3 is 2.74 bits per heavy atom. The number of rotatable bonds is 3. The van der Waals surface area contributed by atoms with Gasteiger partial charge in [0.15, 0.2) is 10.8 Å². The second-order valence-electron chi connectivity index (χ2n) is 6.63. The monoisotopic (exact) mass is 381 g/mol. The molecule has 138 valence electrons. The molecule has 8 nitrogen and oxygen atoms in total. The summed E-state index contributed by atoms with van der Waals surface area (Å²) in [5.41, 5.74) is 3.03. The van der Waals surface area contributed by atoms with Gasteiger partial charge in [-0.1, -0.05) is 0 Å². The summed E-state index contributed by atoms with van der Waals surface area (Å²) in [6.07, 6.45) is 1.75. The van der Waals surface area contributed by atoms with Gasteiger partial charge in [0.2, 0.25) is 0 Å². The molecule has 0 spiro atoms. The number of fused-ring (bicyclic) bond motifs is 1. The van der Waals surface area contributed by atoms with Crippen LogP contribution < -0.4 is 10.5 Å². The normalized spacial score (nSPS) is 15.2. The first-order chi connectivity index (χ1) is 13.1. The fraction of sp³-hybridized carbons (Fsp3) is 0.389. The number of nitriles is 1. The SMILES string of the molecule is Cc1nnc(N2CCN(Cc3cc(=O)n4ccsc4n3)CC2)c(C#N)c1C. The molecule has 27 heavy (non-hydrogen) atoms. The average Bonchev–Trinajstić information content (AvgIpc) is 3.14. The molecule has 3 aromatic rings. The van der Waals surface area contributed by atoms with E-state index < -0.39 is 0 Å². The molecular weight excluding hydrogens is 362 g/mol. The third kappa shape index (κ3) is 3.29. The molecule has 9 heteroatoms. The van der Waals surface area contributed by atoms with Crippen molar-refractivity contribution in [2.24, 2.45) is 0 Å². The highest BCUT2D eigenvalue weighted by atomic mass is 32.1. The van der Waals surface area contributed by atoms with Crippen LogP contribution in [-0.2, 0) is 6.54 Å². The summed E-state index contributed by atoms with van der Waals surface area (Å²) < 4.78 is 1.56. The summed E-state index contributed by atoms with van der Waals surface area (Å²) in [6.45, 7) is 7.55. The molecule has 3 aromatic heterocycles. The summed E-state index contributed by atoms with van der Waals surface area (Å²) in [6, 6.07) is 3.88. The van der Waals surface area contributed by atoms with Crippen LogP contribution in [0.15, 0.2) is 22.4 Å². The summed E-state index contributed by atoms with van der Waals surface area (Å²) in [7, 11) is 0. The largest absolute Gasteiger partial charge is 0.351 e. The third-order valence-corrected chi connectivity index (χ3v) is 5.72. The van der Waals surface area contributed by atoms with Crippen LogP contribution in [0, 0.1) is 25.2 Å². The molecule has 1 saturated heterocycles. The Hall–Kier alpha value is -2.83. The minimum atomic E-state index is -0.0426. The molecule has 0 saturated carbocycles. The topological polar surface area (TPSA) is 90.4 Å². The second-order valence-corrected chi connectivity index (χ2v) is 7.50. The van der Waals surface area contributed by atoms with Crippen LogP contribution in [0.5, 0.6) is 0 Å². The summed E-state index contributed by atoms with van der Waals surface area (Å²) in [5, 5.41) is 19.8. The predicted molar refractivity (Wildman–Crippen MR) is 103 cm³/mol. The summed E-state index contributed by atoms with van der Waals surface area (Å²) in [4.78, 5) is 21.8. The van der Waals surface area contributed by atoms with Crippen molar-refractivity contribution < 1.29 is 0 Å². The van der Waals surface area contributed by atoms with Crippen molar-refractivity contribution in [2.75, 3.05) is 31.1 Å². The van der Waals surface area contributed by atoms with Crippen LogP contribution in [-0.4, -0.2) is 50.7 Å². The Balaban J connectivity index is 1.47. The van der Waals surface area contributed by atoms with Gasteiger partial charge in [0.05, 0.1) is 11.4 Å². The van der Waals surface area contributed by atoms with Gasteiger partial charge in [0, 0.05) is 50.4 Å². The Morgan fingerprint density at radius 2 is 2.00 bits per heavy atom. The minimum Gasteiger partial charge on any atom is -0.351 e. The van der Waals surface area contributed by atoms with E-state index in [1.165, 1.54) is 11.3 Å². The molecule has 1 aliphatic rings. The molecule has 1 aliphatic heterocycles. The Bertz CT molecular complexity index is 1090. The molecule has 1 fully saturated rings. The van der Waals surface area contributed by atoms with E-state index in [1.807, 2.05) is 19.2 Å². The lowest BCUT2D eigenvalue weighted by atomic mass is 10.1. The lowest BCUT2D eigenvalue weighted by Crippen LogP contribution is -2.46. The molecule has 4 heterocycles. The molecule has 0 aliphatic carbocycles. The van der Waals surface area contributed by atoms with Gasteiger partial charge >= 0.3 is 0 Å². The molecule has 0 atom stereocenters. The van der Waals surface area contributed by atoms with E-state index in [1.54, 1.807) is 16.7 Å². The van der Waals surface area contributed by atoms with Crippen LogP contribution in [0.4, 0.5) is 5.82 Å². The maximum atomic E-state index is 12.1. The van der Waals surface area contributed by atoms with Gasteiger partial charge in [0.25, 0.3) is 5.56 Å². The first kappa shape index (κ1) is 17.6. The van der Waals surface area contributed by atoms with Crippen molar-refractivity contribution >= 4 is 22.1 Å². The van der Waals surface area contributed by atoms with E-state index in [4.69, 9.17) is 0 Å². The van der Waals surface area contributed by atoms with Crippen LogP contribution in [0.1, 0.15) is 22.5 Å². The zero-order valence-corrected chi connectivity index (χ0v) is 16.0. The number of aryl methyl sites for hydroxylation is 1. The fourth-order valence-corrected chi connectivity index (χ4v) is 4.01. The predicted octanol–water partition coefficient (Wildman–Crippen LogP) is 1.36. The van der Waals surface area contributed by atoms with Gasteiger partial charge in [-0.2, -0.15) is 10.4 Å². The number of hydrogen-bond acceptors (Lipinski definition) is 8. The summed E-state index contributed by atoms with van der Waals surface area (Å²) >= 11 is 1.46. The minimum absolute atomic E-state index is 0.0426. The molecule has 0 bridgehead atoms. The van der Waals surface area contributed by atoms with Crippen molar-refractivity contribution in [3.8, 4) is 6.07 Å². The molecular formula is C18H19N7OS. The van der Waals surface area contributed by atoms with Crippen LogP contribution >= 0.6 is 11.3 Å². The molecule has 0 N–H and O–H groups in total. The smallest absolute Gasteiger partial charge is 0.258 e. The van der Waals surface area contributed by atoms with Gasteiger partial charge < -0.3 is 4.90 Å². The van der Waals surface area contributed by atoms with Gasteiger partial charge in [-0.3, -0.25) is 14.1 Å². The lowest BCUT2D eigenvalue weighted by molar-refractivity contribution is 0.246. The van der Waals surface area contributed by atoms with E-state index >= 15 is 0 Å². The fourth-order valence-electron chi connectivity index (χ4n) is 3.27. The maximum absolute atomic E-state index is 12.1. The van der Waals surface area contributed by atoms with Crippen molar-refractivity contribution in [3.63, 3.8) is 0 Å². The van der Waals surface area contributed by atoms with Crippen molar-refractivity contribution in [3.05, 3.63) is 50.5 Å². The zero-order chi connectivity index (χ0) is 19.0. The van der Waals surface area contributed by atoms with Gasteiger partial charge in [-0.15, -0.1) is 16.4 Å². The number of thiazole rings is 1. The molecule has 4 rings (SSSR count). The highest BCUT2D eigenvalue weighted by Crippen LogP contribution is 2.22. The number of aromatic nitrogens is 4. The molecule has 0 aromatic carbocycles. The standard InChI is InChI=1S/C18H19N7OS/c1-12-13(2)21-22-17(15(12)10-19)24-5-3-23(4-6-24)11-14-9-16(26)25-7-8-27-18(25)20-14/h7-9H,3-6,11H2,1-2H3. The summed E-state index contributed by atoms with van der Waals surface area (Å²) in [5.74, 6) is 0.664.